The summed E-state index contributed by atoms with van der Waals surface area (Å²) in [4.78, 5) is 16.8. The first-order valence-electron chi connectivity index (χ1n) is 9.60. The van der Waals surface area contributed by atoms with E-state index in [4.69, 9.17) is 16.3 Å². The Bertz CT molecular complexity index is 1170. The second-order valence-corrected chi connectivity index (χ2v) is 8.95. The molecular formula is C22H22ClN3O4S. The lowest BCUT2D eigenvalue weighted by Crippen LogP contribution is -2.32. The molecular weight excluding hydrogens is 438 g/mol. The summed E-state index contributed by atoms with van der Waals surface area (Å²) in [6.07, 6.45) is 2.31. The van der Waals surface area contributed by atoms with Gasteiger partial charge in [-0.05, 0) is 61.9 Å². The van der Waals surface area contributed by atoms with Gasteiger partial charge in [0.1, 0.15) is 11.3 Å². The maximum atomic E-state index is 12.6. The highest BCUT2D eigenvalue weighted by Gasteiger charge is 2.17. The third kappa shape index (κ3) is 5.96. The van der Waals surface area contributed by atoms with Crippen LogP contribution in [0.5, 0.6) is 11.6 Å². The molecule has 2 aromatic carbocycles. The summed E-state index contributed by atoms with van der Waals surface area (Å²) >= 11 is 5.82. The smallest absolute Gasteiger partial charge is 0.261 e. The molecule has 162 valence electrons. The van der Waals surface area contributed by atoms with Crippen LogP contribution in [0.1, 0.15) is 30.6 Å². The molecule has 3 rings (SSSR count). The monoisotopic (exact) mass is 459 g/mol. The van der Waals surface area contributed by atoms with E-state index in [9.17, 15) is 13.2 Å². The molecule has 9 heteroatoms. The van der Waals surface area contributed by atoms with Crippen molar-refractivity contribution in [1.82, 2.24) is 10.3 Å². The molecule has 0 aliphatic rings. The average Bonchev–Trinajstić information content (AvgIpc) is 2.74. The molecule has 7 nitrogen and oxygen atoms in total. The van der Waals surface area contributed by atoms with Crippen LogP contribution in [0, 0.1) is 0 Å². The molecule has 0 spiro atoms. The second kappa shape index (κ2) is 9.80. The second-order valence-electron chi connectivity index (χ2n) is 6.83. The van der Waals surface area contributed by atoms with Crippen LogP contribution in [0.15, 0.2) is 71.8 Å². The van der Waals surface area contributed by atoms with E-state index in [-0.39, 0.29) is 28.3 Å². The summed E-state index contributed by atoms with van der Waals surface area (Å²) in [5.41, 5.74) is 0.587. The van der Waals surface area contributed by atoms with E-state index in [2.05, 4.69) is 15.0 Å². The first-order valence-corrected chi connectivity index (χ1v) is 11.5. The first kappa shape index (κ1) is 22.6. The van der Waals surface area contributed by atoms with Gasteiger partial charge in [0, 0.05) is 23.3 Å². The Morgan fingerprint density at radius 3 is 2.58 bits per heavy atom. The lowest BCUT2D eigenvalue weighted by molar-refractivity contribution is 0.0936. The highest BCUT2D eigenvalue weighted by atomic mass is 35.5. The number of amides is 1. The number of rotatable bonds is 8. The van der Waals surface area contributed by atoms with Crippen molar-refractivity contribution in [2.45, 2.75) is 31.2 Å². The van der Waals surface area contributed by atoms with E-state index >= 15 is 0 Å². The zero-order valence-electron chi connectivity index (χ0n) is 17.0. The van der Waals surface area contributed by atoms with Gasteiger partial charge in [0.15, 0.2) is 0 Å². The van der Waals surface area contributed by atoms with Crippen LogP contribution < -0.4 is 14.8 Å². The minimum atomic E-state index is -3.80. The summed E-state index contributed by atoms with van der Waals surface area (Å²) < 4.78 is 33.5. The van der Waals surface area contributed by atoms with E-state index in [0.29, 0.717) is 16.5 Å². The quantitative estimate of drug-likeness (QED) is 0.501. The van der Waals surface area contributed by atoms with Gasteiger partial charge in [0.25, 0.3) is 15.9 Å². The van der Waals surface area contributed by atoms with Crippen molar-refractivity contribution in [3.05, 3.63) is 77.4 Å². The Kier molecular flexibility index (Phi) is 7.14. The van der Waals surface area contributed by atoms with Crippen molar-refractivity contribution in [1.29, 1.82) is 0 Å². The number of ether oxygens (including phenoxy) is 1. The van der Waals surface area contributed by atoms with E-state index in [0.717, 1.165) is 6.42 Å². The summed E-state index contributed by atoms with van der Waals surface area (Å²) in [5.74, 6) is 0.158. The van der Waals surface area contributed by atoms with Gasteiger partial charge in [-0.2, -0.15) is 0 Å². The number of anilines is 1. The number of pyridine rings is 1. The molecule has 0 aliphatic heterocycles. The number of nitrogens with one attached hydrogen (secondary N) is 2. The maximum Gasteiger partial charge on any atom is 0.261 e. The molecule has 0 fully saturated rings. The lowest BCUT2D eigenvalue weighted by atomic mass is 10.2. The summed E-state index contributed by atoms with van der Waals surface area (Å²) in [6.45, 7) is 3.88. The number of carbonyl (C=O) groups excluding carboxylic acids is 1. The fourth-order valence-corrected chi connectivity index (χ4v) is 3.79. The molecule has 0 saturated heterocycles. The van der Waals surface area contributed by atoms with Crippen molar-refractivity contribution >= 4 is 33.2 Å². The van der Waals surface area contributed by atoms with Gasteiger partial charge >= 0.3 is 0 Å². The number of aromatic nitrogens is 1. The van der Waals surface area contributed by atoms with Crippen LogP contribution in [0.4, 0.5) is 5.69 Å². The highest BCUT2D eigenvalue weighted by molar-refractivity contribution is 7.92. The summed E-state index contributed by atoms with van der Waals surface area (Å²) in [7, 11) is -3.80. The maximum absolute atomic E-state index is 12.6. The molecule has 0 unspecified atom stereocenters. The highest BCUT2D eigenvalue weighted by Crippen LogP contribution is 2.27. The van der Waals surface area contributed by atoms with Crippen LogP contribution in [0.3, 0.4) is 0 Å². The van der Waals surface area contributed by atoms with Gasteiger partial charge in [-0.1, -0.05) is 24.6 Å². The Hall–Kier alpha value is -3.10. The molecule has 1 aromatic heterocycles. The minimum Gasteiger partial charge on any atom is -0.438 e. The van der Waals surface area contributed by atoms with Crippen molar-refractivity contribution in [3.63, 3.8) is 0 Å². The fraction of sp³-hybridized carbons (Fsp3) is 0.182. The van der Waals surface area contributed by atoms with Crippen LogP contribution in [0.25, 0.3) is 0 Å². The normalized spacial score (nSPS) is 12.1. The van der Waals surface area contributed by atoms with Crippen molar-refractivity contribution in [2.75, 3.05) is 4.72 Å². The summed E-state index contributed by atoms with van der Waals surface area (Å²) in [6, 6.07) is 15.5. The van der Waals surface area contributed by atoms with Gasteiger partial charge in [0.2, 0.25) is 5.88 Å². The van der Waals surface area contributed by atoms with Crippen molar-refractivity contribution < 1.29 is 17.9 Å². The number of hydrogen-bond acceptors (Lipinski definition) is 5. The lowest BCUT2D eigenvalue weighted by Gasteiger charge is -2.14. The van der Waals surface area contributed by atoms with Crippen molar-refractivity contribution in [2.24, 2.45) is 0 Å². The molecule has 1 heterocycles. The van der Waals surface area contributed by atoms with E-state index < -0.39 is 10.0 Å². The minimum absolute atomic E-state index is 0.00570. The largest absolute Gasteiger partial charge is 0.438 e. The predicted octanol–water partition coefficient (Wildman–Crippen LogP) is 4.86. The zero-order valence-corrected chi connectivity index (χ0v) is 18.6. The topological polar surface area (TPSA) is 97.4 Å². The number of sulfonamides is 1. The van der Waals surface area contributed by atoms with Crippen LogP contribution in [-0.4, -0.2) is 25.4 Å². The standard InChI is InChI=1S/C22H22ClN3O4S/c1-3-15(2)25-21(27)20-8-5-13-24-22(20)30-18-7-4-6-17(14-18)26-31(28,29)19-11-9-16(23)10-12-19/h4-15,26H,3H2,1-2H3,(H,25,27)/t15-/m1/s1. The van der Waals surface area contributed by atoms with E-state index in [1.165, 1.54) is 36.5 Å². The van der Waals surface area contributed by atoms with E-state index in [1.54, 1.807) is 30.3 Å². The van der Waals surface area contributed by atoms with Crippen LogP contribution >= 0.6 is 11.6 Å². The third-order valence-corrected chi connectivity index (χ3v) is 6.08. The molecule has 3 aromatic rings. The third-order valence-electron chi connectivity index (χ3n) is 4.43. The molecule has 1 amide bonds. The van der Waals surface area contributed by atoms with Gasteiger partial charge < -0.3 is 10.1 Å². The number of hydrogen-bond donors (Lipinski definition) is 2. The van der Waals surface area contributed by atoms with Crippen LogP contribution in [0.2, 0.25) is 5.02 Å². The summed E-state index contributed by atoms with van der Waals surface area (Å²) in [5, 5.41) is 3.32. The van der Waals surface area contributed by atoms with Gasteiger partial charge in [-0.3, -0.25) is 9.52 Å². The number of nitrogens with zero attached hydrogens (tertiary/aromatic N) is 1. The molecule has 31 heavy (non-hydrogen) atoms. The number of halogens is 1. The Balaban J connectivity index is 1.80. The Morgan fingerprint density at radius 2 is 1.87 bits per heavy atom. The van der Waals surface area contributed by atoms with Gasteiger partial charge in [0.05, 0.1) is 10.6 Å². The van der Waals surface area contributed by atoms with Gasteiger partial charge in [-0.25, -0.2) is 13.4 Å². The zero-order chi connectivity index (χ0) is 22.4. The predicted molar refractivity (Wildman–Crippen MR) is 120 cm³/mol. The molecule has 0 radical (unpaired) electrons. The number of carbonyl (C=O) groups is 1. The Labute approximate surface area is 186 Å². The van der Waals surface area contributed by atoms with Crippen molar-refractivity contribution in [3.8, 4) is 11.6 Å². The van der Waals surface area contributed by atoms with Crippen LogP contribution in [-0.2, 0) is 10.0 Å². The molecule has 0 bridgehead atoms. The number of benzene rings is 2. The van der Waals surface area contributed by atoms with E-state index in [1.807, 2.05) is 13.8 Å². The molecule has 1 atom stereocenters. The molecule has 0 saturated carbocycles. The first-order chi connectivity index (χ1) is 14.8. The SMILES string of the molecule is CC[C@@H](C)NC(=O)c1cccnc1Oc1cccc(NS(=O)(=O)c2ccc(Cl)cc2)c1. The molecule has 0 aliphatic carbocycles. The molecule has 2 N–H and O–H groups in total. The Morgan fingerprint density at radius 1 is 1.13 bits per heavy atom. The fourth-order valence-electron chi connectivity index (χ4n) is 2.61. The van der Waals surface area contributed by atoms with Gasteiger partial charge in [-0.15, -0.1) is 0 Å². The average molecular weight is 460 g/mol.